The number of fused-ring (bicyclic) bond motifs is 1. The number of nitrogen functional groups attached to an aromatic ring is 1. The smallest absolute Gasteiger partial charge is 0.246 e. The van der Waals surface area contributed by atoms with E-state index in [1.54, 1.807) is 24.5 Å². The number of nitrogens with zero attached hydrogens (tertiary/aromatic N) is 4. The molecule has 0 aromatic carbocycles. The van der Waals surface area contributed by atoms with Gasteiger partial charge in [0.2, 0.25) is 11.9 Å². The number of carbonyl (C=O) groups is 1. The van der Waals surface area contributed by atoms with Gasteiger partial charge in [-0.1, -0.05) is 0 Å². The highest BCUT2D eigenvalue weighted by molar-refractivity contribution is 5.91. The summed E-state index contributed by atoms with van der Waals surface area (Å²) in [6.45, 7) is 2.69. The van der Waals surface area contributed by atoms with Crippen molar-refractivity contribution in [3.63, 3.8) is 0 Å². The fraction of sp³-hybridized carbons (Fsp3) is 0.421. The first-order valence-electron chi connectivity index (χ1n) is 9.11. The molecule has 0 atom stereocenters. The lowest BCUT2D eigenvalue weighted by Crippen LogP contribution is -2.49. The standard InChI is InChI=1S/C19H23N5O2/c20-18-15-5-1-2-6-16(15)21-19(22-18)24-11-9-23(10-12-24)17(25)8-7-14-4-3-13-26-14/h3-4,7-8,13H,1-2,5-6,9-12H2,(H2,20,21,22). The van der Waals surface area contributed by atoms with Crippen LogP contribution in [0, 0.1) is 0 Å². The molecule has 2 N–H and O–H groups in total. The third-order valence-corrected chi connectivity index (χ3v) is 5.01. The first-order valence-corrected chi connectivity index (χ1v) is 9.11. The lowest BCUT2D eigenvalue weighted by atomic mass is 9.96. The monoisotopic (exact) mass is 353 g/mol. The molecule has 0 spiro atoms. The van der Waals surface area contributed by atoms with Gasteiger partial charge in [-0.05, 0) is 43.9 Å². The molecule has 2 aliphatic rings. The first-order chi connectivity index (χ1) is 12.7. The Morgan fingerprint density at radius 1 is 1.15 bits per heavy atom. The van der Waals surface area contributed by atoms with Gasteiger partial charge in [0.1, 0.15) is 11.6 Å². The molecule has 0 bridgehead atoms. The summed E-state index contributed by atoms with van der Waals surface area (Å²) in [5.41, 5.74) is 8.37. The van der Waals surface area contributed by atoms with E-state index >= 15 is 0 Å². The number of hydrogen-bond donors (Lipinski definition) is 1. The third-order valence-electron chi connectivity index (χ3n) is 5.01. The molecule has 0 radical (unpaired) electrons. The number of nitrogens with two attached hydrogens (primary N) is 1. The van der Waals surface area contributed by atoms with E-state index in [4.69, 9.17) is 15.1 Å². The van der Waals surface area contributed by atoms with Gasteiger partial charge in [-0.3, -0.25) is 4.79 Å². The molecule has 1 aliphatic heterocycles. The molecule has 4 rings (SSSR count). The Bertz CT molecular complexity index is 808. The zero-order valence-electron chi connectivity index (χ0n) is 14.7. The Balaban J connectivity index is 1.39. The maximum atomic E-state index is 12.3. The normalized spacial score (nSPS) is 17.5. The lowest BCUT2D eigenvalue weighted by molar-refractivity contribution is -0.126. The van der Waals surface area contributed by atoms with Crippen LogP contribution < -0.4 is 10.6 Å². The topological polar surface area (TPSA) is 88.5 Å². The van der Waals surface area contributed by atoms with E-state index in [-0.39, 0.29) is 5.91 Å². The summed E-state index contributed by atoms with van der Waals surface area (Å²) in [6, 6.07) is 3.62. The molecule has 2 aromatic heterocycles. The van der Waals surface area contributed by atoms with Gasteiger partial charge >= 0.3 is 0 Å². The fourth-order valence-electron chi connectivity index (χ4n) is 3.52. The minimum Gasteiger partial charge on any atom is -0.465 e. The number of aryl methyl sites for hydroxylation is 1. The van der Waals surface area contributed by atoms with E-state index in [2.05, 4.69) is 9.88 Å². The van der Waals surface area contributed by atoms with Gasteiger partial charge < -0.3 is 20.0 Å². The van der Waals surface area contributed by atoms with E-state index in [9.17, 15) is 4.79 Å². The molecule has 0 saturated carbocycles. The quantitative estimate of drug-likeness (QED) is 0.848. The zero-order chi connectivity index (χ0) is 17.9. The van der Waals surface area contributed by atoms with Crippen LogP contribution in [-0.4, -0.2) is 47.0 Å². The minimum absolute atomic E-state index is 0.00748. The van der Waals surface area contributed by atoms with Crippen molar-refractivity contribution in [1.29, 1.82) is 0 Å². The second-order valence-corrected chi connectivity index (χ2v) is 6.70. The number of piperazine rings is 1. The molecule has 3 heterocycles. The highest BCUT2D eigenvalue weighted by Crippen LogP contribution is 2.26. The van der Waals surface area contributed by atoms with Crippen LogP contribution in [0.25, 0.3) is 6.08 Å². The maximum absolute atomic E-state index is 12.3. The second kappa shape index (κ2) is 7.19. The Kier molecular flexibility index (Phi) is 4.60. The number of aromatic nitrogens is 2. The van der Waals surface area contributed by atoms with Crippen molar-refractivity contribution in [1.82, 2.24) is 14.9 Å². The van der Waals surface area contributed by atoms with Gasteiger partial charge in [0, 0.05) is 37.8 Å². The highest BCUT2D eigenvalue weighted by atomic mass is 16.3. The number of rotatable bonds is 3. The third kappa shape index (κ3) is 3.42. The zero-order valence-corrected chi connectivity index (χ0v) is 14.7. The summed E-state index contributed by atoms with van der Waals surface area (Å²) < 4.78 is 5.21. The number of carbonyl (C=O) groups excluding carboxylic acids is 1. The summed E-state index contributed by atoms with van der Waals surface area (Å²) in [6.07, 6.45) is 9.12. The van der Waals surface area contributed by atoms with E-state index in [0.29, 0.717) is 43.7 Å². The van der Waals surface area contributed by atoms with Crippen molar-refractivity contribution < 1.29 is 9.21 Å². The summed E-state index contributed by atoms with van der Waals surface area (Å²) in [5, 5.41) is 0. The molecule has 1 aliphatic carbocycles. The largest absolute Gasteiger partial charge is 0.465 e. The van der Waals surface area contributed by atoms with Crippen molar-refractivity contribution in [2.75, 3.05) is 36.8 Å². The summed E-state index contributed by atoms with van der Waals surface area (Å²) in [5.74, 6) is 1.98. The van der Waals surface area contributed by atoms with Crippen molar-refractivity contribution in [2.45, 2.75) is 25.7 Å². The maximum Gasteiger partial charge on any atom is 0.246 e. The van der Waals surface area contributed by atoms with Crippen molar-refractivity contribution in [2.24, 2.45) is 0 Å². The summed E-state index contributed by atoms with van der Waals surface area (Å²) in [7, 11) is 0. The van der Waals surface area contributed by atoms with Gasteiger partial charge in [0.25, 0.3) is 0 Å². The predicted octanol–water partition coefficient (Wildman–Crippen LogP) is 1.89. The molecule has 2 aromatic rings. The van der Waals surface area contributed by atoms with Crippen LogP contribution in [0.2, 0.25) is 0 Å². The van der Waals surface area contributed by atoms with Gasteiger partial charge in [0.15, 0.2) is 0 Å². The lowest BCUT2D eigenvalue weighted by Gasteiger charge is -2.34. The van der Waals surface area contributed by atoms with E-state index in [0.717, 1.165) is 36.9 Å². The molecule has 136 valence electrons. The first kappa shape index (κ1) is 16.6. The molecule has 1 amide bonds. The van der Waals surface area contributed by atoms with Gasteiger partial charge in [0.05, 0.1) is 12.0 Å². The Hall–Kier alpha value is -2.83. The molecule has 1 saturated heterocycles. The average Bonchev–Trinajstić information content (AvgIpc) is 3.20. The molecule has 0 unspecified atom stereocenters. The number of hydrogen-bond acceptors (Lipinski definition) is 6. The summed E-state index contributed by atoms with van der Waals surface area (Å²) in [4.78, 5) is 25.5. The number of amides is 1. The Morgan fingerprint density at radius 3 is 2.73 bits per heavy atom. The average molecular weight is 353 g/mol. The molecular weight excluding hydrogens is 330 g/mol. The van der Waals surface area contributed by atoms with Crippen molar-refractivity contribution in [3.8, 4) is 0 Å². The molecule has 1 fully saturated rings. The van der Waals surface area contributed by atoms with Crippen LogP contribution in [0.4, 0.5) is 11.8 Å². The predicted molar refractivity (Wildman–Crippen MR) is 99.6 cm³/mol. The molecule has 7 nitrogen and oxygen atoms in total. The van der Waals surface area contributed by atoms with E-state index in [1.165, 1.54) is 0 Å². The van der Waals surface area contributed by atoms with Crippen LogP contribution in [0.5, 0.6) is 0 Å². The second-order valence-electron chi connectivity index (χ2n) is 6.70. The molecule has 26 heavy (non-hydrogen) atoms. The van der Waals surface area contributed by atoms with Crippen LogP contribution in [-0.2, 0) is 17.6 Å². The van der Waals surface area contributed by atoms with Crippen LogP contribution in [0.3, 0.4) is 0 Å². The minimum atomic E-state index is -0.00748. The van der Waals surface area contributed by atoms with Crippen LogP contribution >= 0.6 is 0 Å². The van der Waals surface area contributed by atoms with Gasteiger partial charge in [-0.25, -0.2) is 4.98 Å². The van der Waals surface area contributed by atoms with Crippen molar-refractivity contribution in [3.05, 3.63) is 41.5 Å². The molecular formula is C19H23N5O2. The van der Waals surface area contributed by atoms with E-state index < -0.39 is 0 Å². The number of furan rings is 1. The number of anilines is 2. The van der Waals surface area contributed by atoms with Gasteiger partial charge in [-0.15, -0.1) is 0 Å². The van der Waals surface area contributed by atoms with Gasteiger partial charge in [-0.2, -0.15) is 4.98 Å². The fourth-order valence-corrected chi connectivity index (χ4v) is 3.52. The van der Waals surface area contributed by atoms with Crippen LogP contribution in [0.1, 0.15) is 29.9 Å². The molecule has 7 heteroatoms. The summed E-state index contributed by atoms with van der Waals surface area (Å²) >= 11 is 0. The van der Waals surface area contributed by atoms with E-state index in [1.807, 2.05) is 11.0 Å². The highest BCUT2D eigenvalue weighted by Gasteiger charge is 2.24. The Labute approximate surface area is 152 Å². The Morgan fingerprint density at radius 2 is 1.96 bits per heavy atom. The van der Waals surface area contributed by atoms with Crippen LogP contribution in [0.15, 0.2) is 28.9 Å². The SMILES string of the molecule is Nc1nc(N2CCN(C(=O)C=Cc3ccco3)CC2)nc2c1CCCC2. The van der Waals surface area contributed by atoms with Crippen molar-refractivity contribution >= 4 is 23.7 Å².